The zero-order valence-electron chi connectivity index (χ0n) is 8.82. The summed E-state index contributed by atoms with van der Waals surface area (Å²) in [5, 5.41) is 2.98. The Labute approximate surface area is 105 Å². The number of benzene rings is 1. The minimum absolute atomic E-state index is 0.0422. The second-order valence-electron chi connectivity index (χ2n) is 3.24. The molecule has 17 heavy (non-hydrogen) atoms. The number of nitrogens with one attached hydrogen (secondary N) is 1. The number of hydrogen-bond donors (Lipinski definition) is 1. The SMILES string of the molecule is CNC(=O)Oc1cc2cc(Br)cc(C=O)c2o1. The average Bonchev–Trinajstić information content (AvgIpc) is 2.69. The van der Waals surface area contributed by atoms with Crippen LogP contribution in [0.2, 0.25) is 0 Å². The molecule has 0 saturated carbocycles. The quantitative estimate of drug-likeness (QED) is 0.866. The van der Waals surface area contributed by atoms with E-state index in [2.05, 4.69) is 21.2 Å². The average molecular weight is 298 g/mol. The molecular weight excluding hydrogens is 290 g/mol. The lowest BCUT2D eigenvalue weighted by Crippen LogP contribution is -2.21. The molecule has 1 heterocycles. The highest BCUT2D eigenvalue weighted by Crippen LogP contribution is 2.30. The molecule has 0 aliphatic rings. The third-order valence-corrected chi connectivity index (χ3v) is 2.57. The molecule has 1 N–H and O–H groups in total. The first kappa shape index (κ1) is 11.7. The summed E-state index contributed by atoms with van der Waals surface area (Å²) in [4.78, 5) is 21.9. The Bertz CT molecular complexity index is 590. The van der Waals surface area contributed by atoms with Gasteiger partial charge in [0.1, 0.15) is 5.58 Å². The molecule has 0 aliphatic heterocycles. The van der Waals surface area contributed by atoms with Gasteiger partial charge in [-0.05, 0) is 12.1 Å². The van der Waals surface area contributed by atoms with Gasteiger partial charge in [-0.2, -0.15) is 0 Å². The molecule has 6 heteroatoms. The molecule has 2 aromatic rings. The molecule has 1 amide bonds. The summed E-state index contributed by atoms with van der Waals surface area (Å²) in [7, 11) is 1.44. The molecule has 0 spiro atoms. The molecule has 0 atom stereocenters. The third kappa shape index (κ3) is 2.31. The Morgan fingerprint density at radius 3 is 2.88 bits per heavy atom. The predicted octanol–water partition coefficient (Wildman–Crippen LogP) is 2.73. The highest BCUT2D eigenvalue weighted by Gasteiger charge is 2.12. The predicted molar refractivity (Wildman–Crippen MR) is 64.4 cm³/mol. The minimum atomic E-state index is -0.629. The van der Waals surface area contributed by atoms with Crippen LogP contribution >= 0.6 is 15.9 Å². The summed E-state index contributed by atoms with van der Waals surface area (Å²) >= 11 is 3.28. The Morgan fingerprint density at radius 1 is 1.47 bits per heavy atom. The van der Waals surface area contributed by atoms with E-state index in [4.69, 9.17) is 9.15 Å². The second-order valence-corrected chi connectivity index (χ2v) is 4.15. The minimum Gasteiger partial charge on any atom is -0.424 e. The molecule has 1 aromatic heterocycles. The van der Waals surface area contributed by atoms with Gasteiger partial charge in [-0.1, -0.05) is 15.9 Å². The van der Waals surface area contributed by atoms with Gasteiger partial charge in [0.25, 0.3) is 5.95 Å². The fraction of sp³-hybridized carbons (Fsp3) is 0.0909. The Morgan fingerprint density at radius 2 is 2.24 bits per heavy atom. The summed E-state index contributed by atoms with van der Waals surface area (Å²) in [6, 6.07) is 4.94. The molecule has 1 aromatic carbocycles. The van der Waals surface area contributed by atoms with Crippen LogP contribution < -0.4 is 10.1 Å². The topological polar surface area (TPSA) is 68.5 Å². The summed E-state index contributed by atoms with van der Waals surface area (Å²) in [6.07, 6.45) is 0.0519. The summed E-state index contributed by atoms with van der Waals surface area (Å²) in [5.74, 6) is 0.0422. The maximum atomic E-state index is 11.0. The van der Waals surface area contributed by atoms with E-state index in [1.54, 1.807) is 18.2 Å². The lowest BCUT2D eigenvalue weighted by molar-refractivity contribution is 0.112. The molecule has 2 rings (SSSR count). The van der Waals surface area contributed by atoms with Crippen LogP contribution in [0.25, 0.3) is 11.0 Å². The Kier molecular flexibility index (Phi) is 3.14. The summed E-state index contributed by atoms with van der Waals surface area (Å²) in [5.41, 5.74) is 0.781. The second kappa shape index (κ2) is 4.58. The first-order valence-corrected chi connectivity index (χ1v) is 5.51. The van der Waals surface area contributed by atoms with E-state index in [0.29, 0.717) is 22.8 Å². The first-order valence-electron chi connectivity index (χ1n) is 4.72. The molecule has 0 fully saturated rings. The van der Waals surface area contributed by atoms with E-state index < -0.39 is 6.09 Å². The van der Waals surface area contributed by atoms with Crippen molar-refractivity contribution in [1.82, 2.24) is 5.32 Å². The van der Waals surface area contributed by atoms with Gasteiger partial charge in [-0.3, -0.25) is 4.79 Å². The number of carbonyl (C=O) groups is 2. The van der Waals surface area contributed by atoms with E-state index >= 15 is 0 Å². The van der Waals surface area contributed by atoms with Crippen LogP contribution in [0.5, 0.6) is 5.95 Å². The number of hydrogen-bond acceptors (Lipinski definition) is 4. The van der Waals surface area contributed by atoms with E-state index in [-0.39, 0.29) is 5.95 Å². The highest BCUT2D eigenvalue weighted by atomic mass is 79.9. The molecule has 0 aliphatic carbocycles. The van der Waals surface area contributed by atoms with Crippen molar-refractivity contribution in [2.24, 2.45) is 0 Å². The number of ether oxygens (including phenoxy) is 1. The first-order chi connectivity index (χ1) is 8.13. The van der Waals surface area contributed by atoms with Gasteiger partial charge in [-0.15, -0.1) is 0 Å². The van der Waals surface area contributed by atoms with Gasteiger partial charge >= 0.3 is 6.09 Å². The zero-order chi connectivity index (χ0) is 12.4. The van der Waals surface area contributed by atoms with Crippen molar-refractivity contribution in [2.45, 2.75) is 0 Å². The third-order valence-electron chi connectivity index (χ3n) is 2.11. The maximum Gasteiger partial charge on any atom is 0.414 e. The van der Waals surface area contributed by atoms with Crippen LogP contribution in [0.15, 0.2) is 27.1 Å². The van der Waals surface area contributed by atoms with Gasteiger partial charge in [0.05, 0.1) is 5.56 Å². The lowest BCUT2D eigenvalue weighted by atomic mass is 10.2. The molecule has 0 unspecified atom stereocenters. The number of rotatable bonds is 2. The fourth-order valence-corrected chi connectivity index (χ4v) is 1.89. The van der Waals surface area contributed by atoms with Crippen LogP contribution in [-0.4, -0.2) is 19.4 Å². The Balaban J connectivity index is 2.49. The molecule has 0 saturated heterocycles. The van der Waals surface area contributed by atoms with Crippen molar-refractivity contribution in [3.05, 3.63) is 28.2 Å². The summed E-state index contributed by atoms with van der Waals surface area (Å²) < 4.78 is 10.9. The standard InChI is InChI=1S/C11H8BrNO4/c1-13-11(15)17-9-4-6-2-8(12)3-7(5-14)10(6)16-9/h2-5H,1H3,(H,13,15). The Hall–Kier alpha value is -1.82. The van der Waals surface area contributed by atoms with Crippen molar-refractivity contribution in [1.29, 1.82) is 0 Å². The van der Waals surface area contributed by atoms with E-state index in [0.717, 1.165) is 4.47 Å². The monoisotopic (exact) mass is 297 g/mol. The van der Waals surface area contributed by atoms with Gasteiger partial charge < -0.3 is 14.5 Å². The van der Waals surface area contributed by atoms with Crippen molar-refractivity contribution in [3.8, 4) is 5.95 Å². The van der Waals surface area contributed by atoms with Crippen LogP contribution in [0.3, 0.4) is 0 Å². The molecule has 5 nitrogen and oxygen atoms in total. The van der Waals surface area contributed by atoms with Crippen molar-refractivity contribution >= 4 is 39.3 Å². The van der Waals surface area contributed by atoms with Crippen LogP contribution in [0.1, 0.15) is 10.4 Å². The molecule has 0 bridgehead atoms. The van der Waals surface area contributed by atoms with Crippen molar-refractivity contribution in [2.75, 3.05) is 7.05 Å². The van der Waals surface area contributed by atoms with Gasteiger partial charge in [0, 0.05) is 23.0 Å². The number of carbonyl (C=O) groups excluding carboxylic acids is 2. The van der Waals surface area contributed by atoms with E-state index in [1.807, 2.05) is 0 Å². The number of halogens is 1. The summed E-state index contributed by atoms with van der Waals surface area (Å²) in [6.45, 7) is 0. The smallest absolute Gasteiger partial charge is 0.414 e. The normalized spacial score (nSPS) is 10.2. The van der Waals surface area contributed by atoms with Gasteiger partial charge in [0.15, 0.2) is 6.29 Å². The zero-order valence-corrected chi connectivity index (χ0v) is 10.4. The van der Waals surface area contributed by atoms with E-state index in [9.17, 15) is 9.59 Å². The van der Waals surface area contributed by atoms with Crippen LogP contribution in [0, 0.1) is 0 Å². The largest absolute Gasteiger partial charge is 0.424 e. The lowest BCUT2D eigenvalue weighted by Gasteiger charge is -1.97. The number of furan rings is 1. The highest BCUT2D eigenvalue weighted by molar-refractivity contribution is 9.10. The fourth-order valence-electron chi connectivity index (χ4n) is 1.40. The number of fused-ring (bicyclic) bond motifs is 1. The molecule has 88 valence electrons. The van der Waals surface area contributed by atoms with Gasteiger partial charge in [-0.25, -0.2) is 4.79 Å². The van der Waals surface area contributed by atoms with Crippen molar-refractivity contribution < 1.29 is 18.7 Å². The molecular formula is C11H8BrNO4. The number of amides is 1. The van der Waals surface area contributed by atoms with Gasteiger partial charge in [0.2, 0.25) is 0 Å². The van der Waals surface area contributed by atoms with Crippen LogP contribution in [-0.2, 0) is 0 Å². The van der Waals surface area contributed by atoms with Crippen molar-refractivity contribution in [3.63, 3.8) is 0 Å². The number of aldehydes is 1. The van der Waals surface area contributed by atoms with E-state index in [1.165, 1.54) is 7.05 Å². The maximum absolute atomic E-state index is 11.0. The molecule has 0 radical (unpaired) electrons. The van der Waals surface area contributed by atoms with Crippen LogP contribution in [0.4, 0.5) is 4.79 Å².